The predicted octanol–water partition coefficient (Wildman–Crippen LogP) is 7.79. The standard InChI is InChI=1S/C32H27ClF3N3O4/c1-17-5-3-8-22(27-12-9-20(16-39(27)42)29-24(34)11-10-23(33)30(29)36)18-6-4-7-19(13-18)28-25(35)14-21(37-32(41)43-2)15-26(28)38-31(17)40/h4,6-7,9-17,22H,3,5,8H2,1-2H3,(H,37,41)(H,38,40). The summed E-state index contributed by atoms with van der Waals surface area (Å²) in [6.07, 6.45) is 1.81. The summed E-state index contributed by atoms with van der Waals surface area (Å²) in [5.74, 6) is -3.80. The minimum atomic E-state index is -0.967. The van der Waals surface area contributed by atoms with Crippen molar-refractivity contribution >= 4 is 35.0 Å². The molecule has 4 aromatic rings. The second-order valence-corrected chi connectivity index (χ2v) is 10.8. The Balaban J connectivity index is 1.62. The number of nitrogens with zero attached hydrogens (tertiary/aromatic N) is 1. The van der Waals surface area contributed by atoms with Gasteiger partial charge in [-0.3, -0.25) is 10.1 Å². The number of pyridine rings is 1. The van der Waals surface area contributed by atoms with Crippen molar-refractivity contribution in [1.29, 1.82) is 0 Å². The Labute approximate surface area is 250 Å². The summed E-state index contributed by atoms with van der Waals surface area (Å²) in [6.45, 7) is 1.75. The van der Waals surface area contributed by atoms with Crippen LogP contribution in [0.4, 0.5) is 29.3 Å². The number of hydrogen-bond acceptors (Lipinski definition) is 4. The number of rotatable bonds is 3. The van der Waals surface area contributed by atoms with Gasteiger partial charge in [0.15, 0.2) is 17.7 Å². The zero-order valence-electron chi connectivity index (χ0n) is 23.2. The third-order valence-electron chi connectivity index (χ3n) is 7.57. The van der Waals surface area contributed by atoms with Crippen molar-refractivity contribution in [1.82, 2.24) is 0 Å². The maximum absolute atomic E-state index is 15.6. The minimum absolute atomic E-state index is 0.0239. The van der Waals surface area contributed by atoms with E-state index in [1.807, 2.05) is 6.07 Å². The molecule has 2 atom stereocenters. The third kappa shape index (κ3) is 6.15. The van der Waals surface area contributed by atoms with Crippen LogP contribution in [0.15, 0.2) is 66.9 Å². The minimum Gasteiger partial charge on any atom is -0.618 e. The molecule has 1 aromatic heterocycles. The molecular weight excluding hydrogens is 583 g/mol. The summed E-state index contributed by atoms with van der Waals surface area (Å²) < 4.78 is 50.0. The van der Waals surface area contributed by atoms with Crippen molar-refractivity contribution in [3.05, 3.63) is 106 Å². The average molecular weight is 610 g/mol. The molecule has 1 aliphatic heterocycles. The molecule has 0 saturated heterocycles. The lowest BCUT2D eigenvalue weighted by atomic mass is 9.86. The molecule has 0 aliphatic carbocycles. The van der Waals surface area contributed by atoms with Crippen LogP contribution >= 0.6 is 11.6 Å². The number of ether oxygens (including phenoxy) is 1. The van der Waals surface area contributed by atoms with Crippen LogP contribution in [-0.2, 0) is 9.53 Å². The van der Waals surface area contributed by atoms with Gasteiger partial charge < -0.3 is 15.3 Å². The normalized spacial score (nSPS) is 16.7. The van der Waals surface area contributed by atoms with E-state index in [0.717, 1.165) is 24.4 Å². The molecule has 0 spiro atoms. The van der Waals surface area contributed by atoms with Crippen LogP contribution < -0.4 is 15.4 Å². The first-order valence-corrected chi connectivity index (χ1v) is 13.9. The first-order valence-electron chi connectivity index (χ1n) is 13.5. The van der Waals surface area contributed by atoms with Gasteiger partial charge in [-0.05, 0) is 54.3 Å². The number of carbonyl (C=O) groups excluding carboxylic acids is 2. The van der Waals surface area contributed by atoms with Crippen LogP contribution in [0.2, 0.25) is 5.02 Å². The summed E-state index contributed by atoms with van der Waals surface area (Å²) in [4.78, 5) is 24.9. The highest BCUT2D eigenvalue weighted by Gasteiger charge is 2.27. The Morgan fingerprint density at radius 1 is 1.02 bits per heavy atom. The van der Waals surface area contributed by atoms with Crippen LogP contribution in [0.1, 0.15) is 43.4 Å². The summed E-state index contributed by atoms with van der Waals surface area (Å²) in [6, 6.07) is 14.6. The molecule has 5 rings (SSSR count). The second kappa shape index (κ2) is 12.3. The van der Waals surface area contributed by atoms with E-state index in [2.05, 4.69) is 15.4 Å². The number of aromatic nitrogens is 1. The molecule has 1 aliphatic rings. The number of methoxy groups -OCH3 is 1. The smallest absolute Gasteiger partial charge is 0.411 e. The Bertz CT molecular complexity index is 1730. The zero-order chi connectivity index (χ0) is 30.8. The number of hydrogen-bond donors (Lipinski definition) is 2. The van der Waals surface area contributed by atoms with Gasteiger partial charge in [-0.15, -0.1) is 0 Å². The number of anilines is 2. The monoisotopic (exact) mass is 609 g/mol. The van der Waals surface area contributed by atoms with Crippen molar-refractivity contribution in [3.8, 4) is 22.3 Å². The van der Waals surface area contributed by atoms with Crippen LogP contribution in [0.3, 0.4) is 0 Å². The fraction of sp³-hybridized carbons (Fsp3) is 0.219. The molecule has 2 amide bonds. The van der Waals surface area contributed by atoms with Crippen molar-refractivity contribution in [2.75, 3.05) is 17.7 Å². The Hall–Kier alpha value is -4.57. The molecule has 11 heteroatoms. The van der Waals surface area contributed by atoms with E-state index in [4.69, 9.17) is 11.6 Å². The van der Waals surface area contributed by atoms with E-state index >= 15 is 4.39 Å². The largest absolute Gasteiger partial charge is 0.618 e. The van der Waals surface area contributed by atoms with Gasteiger partial charge >= 0.3 is 6.09 Å². The van der Waals surface area contributed by atoms with E-state index in [9.17, 15) is 23.6 Å². The lowest BCUT2D eigenvalue weighted by molar-refractivity contribution is -0.614. The van der Waals surface area contributed by atoms with Crippen LogP contribution in [-0.4, -0.2) is 19.1 Å². The highest BCUT2D eigenvalue weighted by Crippen LogP contribution is 2.39. The third-order valence-corrected chi connectivity index (χ3v) is 7.86. The van der Waals surface area contributed by atoms with Gasteiger partial charge in [0.05, 0.1) is 34.9 Å². The molecule has 222 valence electrons. The molecule has 0 saturated carbocycles. The fourth-order valence-electron chi connectivity index (χ4n) is 5.35. The molecule has 0 radical (unpaired) electrons. The average Bonchev–Trinajstić information content (AvgIpc) is 2.97. The number of amides is 2. The molecule has 0 fully saturated rings. The maximum atomic E-state index is 15.6. The van der Waals surface area contributed by atoms with Crippen LogP contribution in [0.25, 0.3) is 22.3 Å². The van der Waals surface area contributed by atoms with E-state index in [-0.39, 0.29) is 33.4 Å². The van der Waals surface area contributed by atoms with Crippen molar-refractivity contribution in [2.45, 2.75) is 32.1 Å². The number of carbonyl (C=O) groups is 2. The molecule has 2 bridgehead atoms. The number of halogens is 4. The number of benzene rings is 3. The fourth-order valence-corrected chi connectivity index (χ4v) is 5.51. The topological polar surface area (TPSA) is 94.4 Å². The number of nitrogens with one attached hydrogen (secondary N) is 2. The van der Waals surface area contributed by atoms with E-state index < -0.39 is 40.9 Å². The molecule has 3 aromatic carbocycles. The first-order chi connectivity index (χ1) is 20.6. The van der Waals surface area contributed by atoms with Gasteiger partial charge in [-0.2, -0.15) is 4.73 Å². The lowest BCUT2D eigenvalue weighted by Gasteiger charge is -2.22. The quantitative estimate of drug-likeness (QED) is 0.141. The molecule has 2 heterocycles. The molecule has 43 heavy (non-hydrogen) atoms. The van der Waals surface area contributed by atoms with Gasteiger partial charge in [0.25, 0.3) is 0 Å². The maximum Gasteiger partial charge on any atom is 0.411 e. The van der Waals surface area contributed by atoms with E-state index in [1.54, 1.807) is 25.1 Å². The van der Waals surface area contributed by atoms with Crippen LogP contribution in [0.5, 0.6) is 0 Å². The Morgan fingerprint density at radius 2 is 1.81 bits per heavy atom. The van der Waals surface area contributed by atoms with Gasteiger partial charge in [-0.25, -0.2) is 18.0 Å². The second-order valence-electron chi connectivity index (χ2n) is 10.4. The Kier molecular flexibility index (Phi) is 8.59. The lowest BCUT2D eigenvalue weighted by Crippen LogP contribution is -2.34. The van der Waals surface area contributed by atoms with Crippen LogP contribution in [0, 0.1) is 28.6 Å². The van der Waals surface area contributed by atoms with Crippen molar-refractivity contribution in [2.24, 2.45) is 5.92 Å². The number of fused-ring (bicyclic) bond motifs is 4. The van der Waals surface area contributed by atoms with Gasteiger partial charge in [-0.1, -0.05) is 49.2 Å². The predicted molar refractivity (Wildman–Crippen MR) is 157 cm³/mol. The zero-order valence-corrected chi connectivity index (χ0v) is 24.0. The molecular formula is C32H27ClF3N3O4. The van der Waals surface area contributed by atoms with Gasteiger partial charge in [0.1, 0.15) is 11.6 Å². The first kappa shape index (κ1) is 29.9. The van der Waals surface area contributed by atoms with Crippen molar-refractivity contribution in [3.63, 3.8) is 0 Å². The Morgan fingerprint density at radius 3 is 2.56 bits per heavy atom. The van der Waals surface area contributed by atoms with E-state index in [0.29, 0.717) is 40.8 Å². The van der Waals surface area contributed by atoms with Gasteiger partial charge in [0, 0.05) is 23.2 Å². The summed E-state index contributed by atoms with van der Waals surface area (Å²) in [7, 11) is 1.18. The highest BCUT2D eigenvalue weighted by atomic mass is 35.5. The summed E-state index contributed by atoms with van der Waals surface area (Å²) in [5, 5.41) is 18.3. The summed E-state index contributed by atoms with van der Waals surface area (Å²) in [5.41, 5.74) is 1.43. The molecule has 2 unspecified atom stereocenters. The molecule has 2 N–H and O–H groups in total. The van der Waals surface area contributed by atoms with Gasteiger partial charge in [0.2, 0.25) is 5.91 Å². The molecule has 7 nitrogen and oxygen atoms in total. The van der Waals surface area contributed by atoms with E-state index in [1.165, 1.54) is 25.3 Å². The summed E-state index contributed by atoms with van der Waals surface area (Å²) >= 11 is 5.85. The highest BCUT2D eigenvalue weighted by molar-refractivity contribution is 6.31. The van der Waals surface area contributed by atoms with Crippen molar-refractivity contribution < 1.29 is 32.2 Å². The SMILES string of the molecule is COC(=O)Nc1cc(F)c2c(c1)NC(=O)C(C)CCCC(c1ccc(-c3c(F)ccc(Cl)c3F)c[n+]1[O-])c1cccc-2c1.